The Hall–Kier alpha value is -1.54. The number of carboxylic acid groups (broad SMARTS) is 1. The minimum atomic E-state index is -1.16. The van der Waals surface area contributed by atoms with Gasteiger partial charge in [0.2, 0.25) is 0 Å². The van der Waals surface area contributed by atoms with E-state index in [-0.39, 0.29) is 23.2 Å². The lowest BCUT2D eigenvalue weighted by molar-refractivity contribution is -0.139. The Morgan fingerprint density at radius 3 is 2.67 bits per heavy atom. The summed E-state index contributed by atoms with van der Waals surface area (Å²) in [6.45, 7) is 0. The van der Waals surface area contributed by atoms with Crippen LogP contribution in [0, 0.1) is 5.41 Å². The summed E-state index contributed by atoms with van der Waals surface area (Å²) in [5.41, 5.74) is 10.6. The molecule has 0 amide bonds. The van der Waals surface area contributed by atoms with Crippen molar-refractivity contribution in [1.29, 1.82) is 5.41 Å². The van der Waals surface area contributed by atoms with Gasteiger partial charge in [-0.05, 0) is 0 Å². The monoisotopic (exact) mass is 251 g/mol. The number of rotatable bonds is 3. The quantitative estimate of drug-likeness (QED) is 0.371. The van der Waals surface area contributed by atoms with Gasteiger partial charge in [-0.3, -0.25) is 5.41 Å². The van der Waals surface area contributed by atoms with Crippen LogP contribution in [0.2, 0.25) is 0 Å². The highest BCUT2D eigenvalue weighted by atomic mass is 35.5. The number of carbonyl (C=O) groups is 1. The molecule has 15 heavy (non-hydrogen) atoms. The van der Waals surface area contributed by atoms with Crippen LogP contribution in [-0.2, 0) is 4.79 Å². The summed E-state index contributed by atoms with van der Waals surface area (Å²) in [5, 5.41) is 19.8. The first-order chi connectivity index (χ1) is 6.50. The Morgan fingerprint density at radius 2 is 2.33 bits per heavy atom. The SMILES string of the molecule is Cl.N=C(N)NC(C(=O)O)c1csc(N)n1. The molecule has 1 rings (SSSR count). The maximum atomic E-state index is 10.8. The summed E-state index contributed by atoms with van der Waals surface area (Å²) in [6.07, 6.45) is 0. The number of hydrogen-bond donors (Lipinski definition) is 5. The number of anilines is 1. The minimum Gasteiger partial charge on any atom is -0.479 e. The van der Waals surface area contributed by atoms with Crippen molar-refractivity contribution >= 4 is 40.8 Å². The Labute approximate surface area is 95.4 Å². The number of aromatic nitrogens is 1. The van der Waals surface area contributed by atoms with E-state index in [1.165, 1.54) is 5.38 Å². The van der Waals surface area contributed by atoms with E-state index < -0.39 is 18.0 Å². The van der Waals surface area contributed by atoms with Crippen LogP contribution in [0.15, 0.2) is 5.38 Å². The molecule has 0 saturated heterocycles. The number of aliphatic carboxylic acids is 1. The zero-order valence-electron chi connectivity index (χ0n) is 7.43. The van der Waals surface area contributed by atoms with E-state index in [0.29, 0.717) is 0 Å². The van der Waals surface area contributed by atoms with E-state index >= 15 is 0 Å². The minimum absolute atomic E-state index is 0. The normalized spacial score (nSPS) is 11.2. The van der Waals surface area contributed by atoms with Crippen molar-refractivity contribution in [2.45, 2.75) is 6.04 Å². The van der Waals surface area contributed by atoms with Crippen molar-refractivity contribution in [2.24, 2.45) is 5.73 Å². The standard InChI is InChI=1S/C6H9N5O2S.ClH/c7-5(8)11-3(4(12)13)2-1-14-6(9)10-2;/h1,3H,(H2,9,10)(H,12,13)(H4,7,8,11);1H. The third-order valence-electron chi connectivity index (χ3n) is 1.38. The molecule has 1 aromatic heterocycles. The number of nitrogen functional groups attached to an aromatic ring is 1. The molecule has 0 aliphatic rings. The molecule has 0 aromatic carbocycles. The first-order valence-electron chi connectivity index (χ1n) is 3.55. The number of nitrogens with zero attached hydrogens (tertiary/aromatic N) is 1. The van der Waals surface area contributed by atoms with Gasteiger partial charge < -0.3 is 21.9 Å². The maximum absolute atomic E-state index is 10.8. The van der Waals surface area contributed by atoms with Gasteiger partial charge >= 0.3 is 5.97 Å². The van der Waals surface area contributed by atoms with Gasteiger partial charge in [0.05, 0.1) is 5.69 Å². The summed E-state index contributed by atoms with van der Waals surface area (Å²) in [4.78, 5) is 14.5. The average Bonchev–Trinajstić information content (AvgIpc) is 2.46. The number of hydrogen-bond acceptors (Lipinski definition) is 5. The molecule has 0 bridgehead atoms. The van der Waals surface area contributed by atoms with Gasteiger partial charge in [-0.15, -0.1) is 23.7 Å². The van der Waals surface area contributed by atoms with Gasteiger partial charge in [-0.25, -0.2) is 9.78 Å². The molecule has 84 valence electrons. The third kappa shape index (κ3) is 3.60. The summed E-state index contributed by atoms with van der Waals surface area (Å²) < 4.78 is 0. The molecule has 0 aliphatic carbocycles. The van der Waals surface area contributed by atoms with E-state index in [2.05, 4.69) is 10.3 Å². The summed E-state index contributed by atoms with van der Waals surface area (Å²) in [6, 6.07) is -1.12. The number of guanidine groups is 1. The summed E-state index contributed by atoms with van der Waals surface area (Å²) in [5.74, 6) is -1.59. The molecule has 0 radical (unpaired) electrons. The smallest absolute Gasteiger partial charge is 0.332 e. The second-order valence-electron chi connectivity index (χ2n) is 2.44. The zero-order valence-corrected chi connectivity index (χ0v) is 9.06. The van der Waals surface area contributed by atoms with Crippen LogP contribution in [0.1, 0.15) is 11.7 Å². The number of nitrogens with two attached hydrogens (primary N) is 2. The molecule has 1 unspecified atom stereocenters. The molecule has 0 fully saturated rings. The largest absolute Gasteiger partial charge is 0.479 e. The first kappa shape index (κ1) is 13.5. The van der Waals surface area contributed by atoms with Gasteiger partial charge in [0.25, 0.3) is 0 Å². The average molecular weight is 252 g/mol. The summed E-state index contributed by atoms with van der Waals surface area (Å²) in [7, 11) is 0. The predicted octanol–water partition coefficient (Wildman–Crippen LogP) is -0.244. The van der Waals surface area contributed by atoms with Crippen molar-refractivity contribution in [3.05, 3.63) is 11.1 Å². The van der Waals surface area contributed by atoms with E-state index in [4.69, 9.17) is 22.0 Å². The van der Waals surface area contributed by atoms with Crippen LogP contribution >= 0.6 is 23.7 Å². The lowest BCUT2D eigenvalue weighted by Gasteiger charge is -2.10. The van der Waals surface area contributed by atoms with E-state index in [1.807, 2.05) is 0 Å². The number of halogens is 1. The molecule has 0 spiro atoms. The fourth-order valence-electron chi connectivity index (χ4n) is 0.851. The Morgan fingerprint density at radius 1 is 1.73 bits per heavy atom. The predicted molar refractivity (Wildman–Crippen MR) is 59.2 cm³/mol. The molecule has 1 atom stereocenters. The van der Waals surface area contributed by atoms with Crippen molar-refractivity contribution in [1.82, 2.24) is 10.3 Å². The van der Waals surface area contributed by atoms with Crippen LogP contribution in [0.25, 0.3) is 0 Å². The van der Waals surface area contributed by atoms with E-state index in [1.54, 1.807) is 0 Å². The molecule has 7 nitrogen and oxygen atoms in total. The molecular formula is C6H10ClN5O2S. The molecule has 9 heteroatoms. The molecule has 7 N–H and O–H groups in total. The summed E-state index contributed by atoms with van der Waals surface area (Å²) >= 11 is 1.13. The van der Waals surface area contributed by atoms with Gasteiger partial charge in [0, 0.05) is 5.38 Å². The van der Waals surface area contributed by atoms with Crippen LogP contribution in [-0.4, -0.2) is 22.0 Å². The fraction of sp³-hybridized carbons (Fsp3) is 0.167. The van der Waals surface area contributed by atoms with E-state index in [9.17, 15) is 4.79 Å². The zero-order chi connectivity index (χ0) is 10.7. The van der Waals surface area contributed by atoms with Gasteiger partial charge in [0.15, 0.2) is 17.1 Å². The number of thiazole rings is 1. The molecule has 1 heterocycles. The second kappa shape index (κ2) is 5.37. The van der Waals surface area contributed by atoms with Crippen LogP contribution < -0.4 is 16.8 Å². The molecular weight excluding hydrogens is 242 g/mol. The lowest BCUT2D eigenvalue weighted by Crippen LogP contribution is -2.38. The fourth-order valence-corrected chi connectivity index (χ4v) is 1.44. The first-order valence-corrected chi connectivity index (χ1v) is 4.43. The Bertz CT molecular complexity index is 368. The highest BCUT2D eigenvalue weighted by Gasteiger charge is 2.22. The number of nitrogens with one attached hydrogen (secondary N) is 2. The van der Waals surface area contributed by atoms with Gasteiger partial charge in [-0.1, -0.05) is 0 Å². The van der Waals surface area contributed by atoms with Gasteiger partial charge in [-0.2, -0.15) is 0 Å². The van der Waals surface area contributed by atoms with Crippen molar-refractivity contribution in [3.63, 3.8) is 0 Å². The van der Waals surface area contributed by atoms with Crippen LogP contribution in [0.5, 0.6) is 0 Å². The highest BCUT2D eigenvalue weighted by molar-refractivity contribution is 7.13. The van der Waals surface area contributed by atoms with Crippen molar-refractivity contribution < 1.29 is 9.90 Å². The third-order valence-corrected chi connectivity index (χ3v) is 2.07. The lowest BCUT2D eigenvalue weighted by atomic mass is 10.2. The second-order valence-corrected chi connectivity index (χ2v) is 3.33. The Kier molecular flexibility index (Phi) is 4.82. The van der Waals surface area contributed by atoms with Crippen molar-refractivity contribution in [3.8, 4) is 0 Å². The molecule has 1 aromatic rings. The van der Waals surface area contributed by atoms with Crippen LogP contribution in [0.4, 0.5) is 5.13 Å². The maximum Gasteiger partial charge on any atom is 0.332 e. The molecule has 0 saturated carbocycles. The van der Waals surface area contributed by atoms with E-state index in [0.717, 1.165) is 11.3 Å². The van der Waals surface area contributed by atoms with Gasteiger partial charge in [0.1, 0.15) is 0 Å². The number of carboxylic acids is 1. The Balaban J connectivity index is 0.00000196. The molecule has 0 aliphatic heterocycles. The highest BCUT2D eigenvalue weighted by Crippen LogP contribution is 2.18. The van der Waals surface area contributed by atoms with Crippen LogP contribution in [0.3, 0.4) is 0 Å². The topological polar surface area (TPSA) is 138 Å². The van der Waals surface area contributed by atoms with Crippen molar-refractivity contribution in [2.75, 3.05) is 5.73 Å².